The summed E-state index contributed by atoms with van der Waals surface area (Å²) in [6.07, 6.45) is 1.14. The molecule has 3 nitrogen and oxygen atoms in total. The molecule has 1 atom stereocenters. The van der Waals surface area contributed by atoms with Crippen molar-refractivity contribution in [1.29, 1.82) is 0 Å². The third-order valence-corrected chi connectivity index (χ3v) is 4.83. The number of ether oxygens (including phenoxy) is 1. The summed E-state index contributed by atoms with van der Waals surface area (Å²) in [7, 11) is 0. The van der Waals surface area contributed by atoms with Gasteiger partial charge in [-0.1, -0.05) is 36.7 Å². The fraction of sp³-hybridized carbons (Fsp3) is 0.400. The van der Waals surface area contributed by atoms with E-state index in [0.717, 1.165) is 55.7 Å². The topological polar surface area (TPSA) is 24.5 Å². The van der Waals surface area contributed by atoms with Crippen molar-refractivity contribution in [2.45, 2.75) is 19.3 Å². The maximum atomic E-state index is 6.10. The molecule has 1 N–H and O–H groups in total. The van der Waals surface area contributed by atoms with E-state index in [9.17, 15) is 0 Å². The van der Waals surface area contributed by atoms with E-state index in [4.69, 9.17) is 16.3 Å². The maximum absolute atomic E-state index is 6.10. The minimum Gasteiger partial charge on any atom is -0.457 e. The highest BCUT2D eigenvalue weighted by Crippen LogP contribution is 2.32. The lowest BCUT2D eigenvalue weighted by atomic mass is 9.96. The molecule has 24 heavy (non-hydrogen) atoms. The summed E-state index contributed by atoms with van der Waals surface area (Å²) in [6.45, 7) is 7.92. The van der Waals surface area contributed by atoms with Crippen molar-refractivity contribution in [2.75, 3.05) is 32.7 Å². The molecule has 1 aliphatic heterocycles. The van der Waals surface area contributed by atoms with Gasteiger partial charge in [-0.2, -0.15) is 0 Å². The molecular weight excluding hydrogens is 320 g/mol. The highest BCUT2D eigenvalue weighted by atomic mass is 35.5. The van der Waals surface area contributed by atoms with Crippen LogP contribution in [0.5, 0.6) is 11.5 Å². The Morgan fingerprint density at radius 3 is 2.54 bits per heavy atom. The van der Waals surface area contributed by atoms with Crippen LogP contribution in [0.4, 0.5) is 0 Å². The Morgan fingerprint density at radius 2 is 1.79 bits per heavy atom. The van der Waals surface area contributed by atoms with Gasteiger partial charge in [-0.05, 0) is 54.8 Å². The second-order valence-corrected chi connectivity index (χ2v) is 6.81. The monoisotopic (exact) mass is 344 g/mol. The first-order valence-corrected chi connectivity index (χ1v) is 9.05. The fourth-order valence-electron chi connectivity index (χ4n) is 3.08. The Kier molecular flexibility index (Phi) is 6.13. The van der Waals surface area contributed by atoms with Gasteiger partial charge < -0.3 is 15.0 Å². The molecule has 0 saturated carbocycles. The van der Waals surface area contributed by atoms with Crippen LogP contribution in [-0.4, -0.2) is 37.6 Å². The zero-order valence-corrected chi connectivity index (χ0v) is 14.9. The van der Waals surface area contributed by atoms with Crippen LogP contribution in [-0.2, 0) is 0 Å². The van der Waals surface area contributed by atoms with E-state index in [1.807, 2.05) is 36.4 Å². The number of benzene rings is 2. The summed E-state index contributed by atoms with van der Waals surface area (Å²) in [5.74, 6) is 2.22. The van der Waals surface area contributed by atoms with Gasteiger partial charge in [0, 0.05) is 31.2 Å². The third-order valence-electron chi connectivity index (χ3n) is 4.58. The lowest BCUT2D eigenvalue weighted by Gasteiger charge is -2.28. The van der Waals surface area contributed by atoms with Gasteiger partial charge in [-0.25, -0.2) is 0 Å². The Morgan fingerprint density at radius 1 is 1.08 bits per heavy atom. The average Bonchev–Trinajstić information content (AvgIpc) is 2.63. The Hall–Kier alpha value is -1.55. The fourth-order valence-corrected chi connectivity index (χ4v) is 3.20. The molecule has 1 aliphatic rings. The van der Waals surface area contributed by atoms with Gasteiger partial charge in [-0.15, -0.1) is 0 Å². The van der Waals surface area contributed by atoms with E-state index in [0.29, 0.717) is 5.92 Å². The number of hydrogen-bond acceptors (Lipinski definition) is 3. The van der Waals surface area contributed by atoms with Gasteiger partial charge >= 0.3 is 0 Å². The highest BCUT2D eigenvalue weighted by molar-refractivity contribution is 6.30. The van der Waals surface area contributed by atoms with Crippen molar-refractivity contribution in [3.05, 3.63) is 59.1 Å². The molecule has 1 heterocycles. The summed E-state index contributed by atoms with van der Waals surface area (Å²) >= 11 is 5.95. The molecule has 1 fully saturated rings. The van der Waals surface area contributed by atoms with Crippen molar-refractivity contribution in [1.82, 2.24) is 10.2 Å². The zero-order valence-electron chi connectivity index (χ0n) is 14.2. The van der Waals surface area contributed by atoms with E-state index in [2.05, 4.69) is 29.3 Å². The van der Waals surface area contributed by atoms with E-state index < -0.39 is 0 Å². The van der Waals surface area contributed by atoms with E-state index in [-0.39, 0.29) is 0 Å². The lowest BCUT2D eigenvalue weighted by Crippen LogP contribution is -2.43. The van der Waals surface area contributed by atoms with Crippen LogP contribution in [0, 0.1) is 0 Å². The lowest BCUT2D eigenvalue weighted by molar-refractivity contribution is 0.233. The van der Waals surface area contributed by atoms with Crippen molar-refractivity contribution < 1.29 is 4.74 Å². The standard InChI is InChI=1S/C20H25ClN2O/c1-16(10-13-23-14-11-22-12-15-23)19-4-2-3-5-20(19)24-18-8-6-17(21)7-9-18/h2-9,16,22H,10-15H2,1H3. The van der Waals surface area contributed by atoms with Gasteiger partial charge in [0.15, 0.2) is 0 Å². The van der Waals surface area contributed by atoms with Gasteiger partial charge in [0.05, 0.1) is 0 Å². The largest absolute Gasteiger partial charge is 0.457 e. The first-order chi connectivity index (χ1) is 11.7. The van der Waals surface area contributed by atoms with Crippen LogP contribution in [0.25, 0.3) is 0 Å². The highest BCUT2D eigenvalue weighted by Gasteiger charge is 2.15. The van der Waals surface area contributed by atoms with E-state index in [1.165, 1.54) is 5.56 Å². The SMILES string of the molecule is CC(CCN1CCNCC1)c1ccccc1Oc1ccc(Cl)cc1. The summed E-state index contributed by atoms with van der Waals surface area (Å²) in [5.41, 5.74) is 1.27. The average molecular weight is 345 g/mol. The van der Waals surface area contributed by atoms with Crippen LogP contribution in [0.1, 0.15) is 24.8 Å². The number of hydrogen-bond donors (Lipinski definition) is 1. The maximum Gasteiger partial charge on any atom is 0.130 e. The minimum atomic E-state index is 0.461. The third kappa shape index (κ3) is 4.73. The van der Waals surface area contributed by atoms with E-state index in [1.54, 1.807) is 0 Å². The van der Waals surface area contributed by atoms with Crippen molar-refractivity contribution in [3.8, 4) is 11.5 Å². The Balaban J connectivity index is 1.65. The number of halogens is 1. The number of nitrogens with zero attached hydrogens (tertiary/aromatic N) is 1. The molecule has 0 radical (unpaired) electrons. The smallest absolute Gasteiger partial charge is 0.130 e. The van der Waals surface area contributed by atoms with Crippen molar-refractivity contribution in [2.24, 2.45) is 0 Å². The van der Waals surface area contributed by atoms with Crippen molar-refractivity contribution in [3.63, 3.8) is 0 Å². The Labute approximate surface area is 149 Å². The minimum absolute atomic E-state index is 0.461. The first-order valence-electron chi connectivity index (χ1n) is 8.68. The van der Waals surface area contributed by atoms with Crippen LogP contribution < -0.4 is 10.1 Å². The normalized spacial score (nSPS) is 16.8. The van der Waals surface area contributed by atoms with Gasteiger partial charge in [-0.3, -0.25) is 0 Å². The molecule has 0 spiro atoms. The number of para-hydroxylation sites is 1. The summed E-state index contributed by atoms with van der Waals surface area (Å²) in [6, 6.07) is 15.9. The predicted molar refractivity (Wildman–Crippen MR) is 100 cm³/mol. The quantitative estimate of drug-likeness (QED) is 0.833. The molecule has 4 heteroatoms. The van der Waals surface area contributed by atoms with Crippen LogP contribution in [0.15, 0.2) is 48.5 Å². The summed E-state index contributed by atoms with van der Waals surface area (Å²) < 4.78 is 6.10. The number of rotatable bonds is 6. The molecule has 0 aliphatic carbocycles. The van der Waals surface area contributed by atoms with Crippen LogP contribution in [0.3, 0.4) is 0 Å². The first kappa shape index (κ1) is 17.3. The van der Waals surface area contributed by atoms with Gasteiger partial charge in [0.25, 0.3) is 0 Å². The molecule has 0 aromatic heterocycles. The molecular formula is C20H25ClN2O. The van der Waals surface area contributed by atoms with E-state index >= 15 is 0 Å². The van der Waals surface area contributed by atoms with Gasteiger partial charge in [0.2, 0.25) is 0 Å². The van der Waals surface area contributed by atoms with Crippen molar-refractivity contribution >= 4 is 11.6 Å². The molecule has 1 unspecified atom stereocenters. The molecule has 2 aromatic rings. The summed E-state index contributed by atoms with van der Waals surface area (Å²) in [4.78, 5) is 2.54. The summed E-state index contributed by atoms with van der Waals surface area (Å²) in [5, 5.41) is 4.13. The Bertz CT molecular complexity index is 638. The second-order valence-electron chi connectivity index (χ2n) is 6.38. The predicted octanol–water partition coefficient (Wildman–Crippen LogP) is 4.53. The van der Waals surface area contributed by atoms with Crippen LogP contribution in [0.2, 0.25) is 5.02 Å². The number of nitrogens with one attached hydrogen (secondary N) is 1. The second kappa shape index (κ2) is 8.52. The molecule has 0 bridgehead atoms. The molecule has 0 amide bonds. The zero-order chi connectivity index (χ0) is 16.8. The van der Waals surface area contributed by atoms with Gasteiger partial charge in [0.1, 0.15) is 11.5 Å². The molecule has 1 saturated heterocycles. The molecule has 128 valence electrons. The number of piperazine rings is 1. The molecule has 2 aromatic carbocycles. The van der Waals surface area contributed by atoms with Crippen LogP contribution >= 0.6 is 11.6 Å². The molecule has 3 rings (SSSR count).